The Morgan fingerprint density at radius 1 is 1.50 bits per heavy atom. The van der Waals surface area contributed by atoms with E-state index in [4.69, 9.17) is 0 Å². The van der Waals surface area contributed by atoms with Crippen LogP contribution in [0.25, 0.3) is 0 Å². The smallest absolute Gasteiger partial charge is 0.320 e. The van der Waals surface area contributed by atoms with E-state index in [-0.39, 0.29) is 6.04 Å². The number of hydrogen-bond acceptors (Lipinski definition) is 4. The van der Waals surface area contributed by atoms with Crippen molar-refractivity contribution >= 4 is 12.1 Å². The van der Waals surface area contributed by atoms with Crippen molar-refractivity contribution in [2.24, 2.45) is 5.10 Å². The molecule has 0 aromatic rings. The highest BCUT2D eigenvalue weighted by Crippen LogP contribution is 2.34. The molecule has 4 nitrogen and oxygen atoms in total. The number of hydrazone groups is 1. The first-order chi connectivity index (χ1) is 6.54. The number of hydrogen-bond donors (Lipinski definition) is 1. The maximum absolute atomic E-state index is 12.4. The van der Waals surface area contributed by atoms with Crippen LogP contribution in [0.4, 0.5) is 13.2 Å². The highest BCUT2D eigenvalue weighted by Gasteiger charge is 2.50. The second kappa shape index (κ2) is 2.86. The van der Waals surface area contributed by atoms with Gasteiger partial charge in [0.1, 0.15) is 0 Å². The third-order valence-electron chi connectivity index (χ3n) is 2.17. The van der Waals surface area contributed by atoms with Crippen molar-refractivity contribution < 1.29 is 18.0 Å². The third kappa shape index (κ3) is 1.42. The van der Waals surface area contributed by atoms with Crippen LogP contribution in [0.2, 0.25) is 0 Å². The van der Waals surface area contributed by atoms with Gasteiger partial charge in [0.15, 0.2) is 12.5 Å². The zero-order valence-corrected chi connectivity index (χ0v) is 7.08. The Morgan fingerprint density at radius 3 is 2.57 bits per heavy atom. The zero-order chi connectivity index (χ0) is 10.3. The second-order valence-electron chi connectivity index (χ2n) is 3.28. The highest BCUT2D eigenvalue weighted by molar-refractivity contribution is 5.91. The van der Waals surface area contributed by atoms with E-state index in [9.17, 15) is 18.0 Å². The quantitative estimate of drug-likeness (QED) is 0.669. The molecule has 0 radical (unpaired) electrons. The van der Waals surface area contributed by atoms with Crippen molar-refractivity contribution in [1.29, 1.82) is 0 Å². The van der Waals surface area contributed by atoms with Gasteiger partial charge in [0, 0.05) is 6.04 Å². The van der Waals surface area contributed by atoms with Gasteiger partial charge in [-0.25, -0.2) is 0 Å². The van der Waals surface area contributed by atoms with Crippen molar-refractivity contribution in [2.45, 2.75) is 31.2 Å². The van der Waals surface area contributed by atoms with Gasteiger partial charge >= 0.3 is 6.18 Å². The average molecular weight is 207 g/mol. The Kier molecular flexibility index (Phi) is 1.90. The van der Waals surface area contributed by atoms with E-state index in [1.165, 1.54) is 0 Å². The summed E-state index contributed by atoms with van der Waals surface area (Å²) in [6.45, 7) is 0. The van der Waals surface area contributed by atoms with E-state index in [1.807, 2.05) is 0 Å². The number of aldehydes is 1. The third-order valence-corrected chi connectivity index (χ3v) is 2.17. The number of halogens is 3. The molecule has 1 atom stereocenters. The zero-order valence-electron chi connectivity index (χ0n) is 7.08. The number of alkyl halides is 3. The van der Waals surface area contributed by atoms with Crippen molar-refractivity contribution in [3.63, 3.8) is 0 Å². The fourth-order valence-corrected chi connectivity index (χ4v) is 1.44. The fourth-order valence-electron chi connectivity index (χ4n) is 1.44. The molecule has 1 unspecified atom stereocenters. The number of rotatable bonds is 2. The highest BCUT2D eigenvalue weighted by atomic mass is 19.4. The van der Waals surface area contributed by atoms with E-state index in [1.54, 1.807) is 0 Å². The van der Waals surface area contributed by atoms with E-state index < -0.39 is 18.2 Å². The van der Waals surface area contributed by atoms with Gasteiger partial charge < -0.3 is 4.90 Å². The number of carbonyl (C=O) groups excluding carboxylic acids is 1. The van der Waals surface area contributed by atoms with Crippen LogP contribution in [0.1, 0.15) is 12.8 Å². The molecule has 0 bridgehead atoms. The first kappa shape index (κ1) is 9.29. The molecule has 1 aliphatic heterocycles. The lowest BCUT2D eigenvalue weighted by Crippen LogP contribution is -2.47. The van der Waals surface area contributed by atoms with Gasteiger partial charge in [-0.05, 0) is 12.8 Å². The predicted molar refractivity (Wildman–Crippen MR) is 41.3 cm³/mol. The molecule has 0 aromatic heterocycles. The van der Waals surface area contributed by atoms with Gasteiger partial charge in [0.05, 0.1) is 0 Å². The summed E-state index contributed by atoms with van der Waals surface area (Å²) in [4.78, 5) is 11.5. The lowest BCUT2D eigenvalue weighted by molar-refractivity contribution is -0.112. The maximum Gasteiger partial charge on any atom is 0.451 e. The molecular formula is C7H8F3N3O. The minimum Gasteiger partial charge on any atom is -0.320 e. The number of nitrogens with one attached hydrogen (secondary N) is 1. The molecule has 7 heteroatoms. The van der Waals surface area contributed by atoms with Crippen LogP contribution in [0.15, 0.2) is 5.10 Å². The topological polar surface area (TPSA) is 44.7 Å². The van der Waals surface area contributed by atoms with E-state index >= 15 is 0 Å². The van der Waals surface area contributed by atoms with Gasteiger partial charge in [0.25, 0.3) is 0 Å². The molecule has 0 spiro atoms. The number of nitrogens with zero attached hydrogens (tertiary/aromatic N) is 2. The molecule has 0 amide bonds. The van der Waals surface area contributed by atoms with Gasteiger partial charge in [-0.15, -0.1) is 0 Å². The summed E-state index contributed by atoms with van der Waals surface area (Å²) in [6.07, 6.45) is -3.66. The summed E-state index contributed by atoms with van der Waals surface area (Å²) in [7, 11) is 0. The molecule has 14 heavy (non-hydrogen) atoms. The Morgan fingerprint density at radius 2 is 2.14 bits per heavy atom. The second-order valence-corrected chi connectivity index (χ2v) is 3.28. The van der Waals surface area contributed by atoms with E-state index in [2.05, 4.69) is 10.5 Å². The normalized spacial score (nSPS) is 27.2. The van der Waals surface area contributed by atoms with E-state index in [0.29, 0.717) is 19.1 Å². The first-order valence-corrected chi connectivity index (χ1v) is 4.18. The van der Waals surface area contributed by atoms with E-state index in [0.717, 1.165) is 4.90 Å². The lowest BCUT2D eigenvalue weighted by Gasteiger charge is -2.23. The summed E-state index contributed by atoms with van der Waals surface area (Å²) < 4.78 is 37.1. The van der Waals surface area contributed by atoms with Gasteiger partial charge in [-0.3, -0.25) is 10.2 Å². The summed E-state index contributed by atoms with van der Waals surface area (Å²) in [5.74, 6) is -0.989. The van der Waals surface area contributed by atoms with Crippen LogP contribution in [-0.2, 0) is 4.79 Å². The molecule has 78 valence electrons. The molecule has 1 fully saturated rings. The molecule has 0 saturated heterocycles. The Bertz CT molecular complexity index is 284. The maximum atomic E-state index is 12.4. The summed E-state index contributed by atoms with van der Waals surface area (Å²) in [6, 6.07) is -0.194. The lowest BCUT2D eigenvalue weighted by atomic mass is 10.4. The van der Waals surface area contributed by atoms with Crippen molar-refractivity contribution in [2.75, 3.05) is 0 Å². The van der Waals surface area contributed by atoms with Crippen molar-refractivity contribution in [3.8, 4) is 0 Å². The molecule has 0 aromatic carbocycles. The van der Waals surface area contributed by atoms with Gasteiger partial charge in [-0.1, -0.05) is 0 Å². The molecule has 1 heterocycles. The SMILES string of the molecule is O=CC1NN=C(C(F)(F)F)N1C1CC1. The summed E-state index contributed by atoms with van der Waals surface area (Å²) in [5.41, 5.74) is 2.16. The molecule has 2 rings (SSSR count). The largest absolute Gasteiger partial charge is 0.451 e. The molecular weight excluding hydrogens is 199 g/mol. The van der Waals surface area contributed by atoms with Crippen LogP contribution in [0.3, 0.4) is 0 Å². The molecule has 1 saturated carbocycles. The number of amidine groups is 1. The summed E-state index contributed by atoms with van der Waals surface area (Å²) in [5, 5.41) is 3.14. The van der Waals surface area contributed by atoms with Crippen molar-refractivity contribution in [1.82, 2.24) is 10.3 Å². The number of carbonyl (C=O) groups is 1. The van der Waals surface area contributed by atoms with Gasteiger partial charge in [-0.2, -0.15) is 18.3 Å². The van der Waals surface area contributed by atoms with Crippen molar-refractivity contribution in [3.05, 3.63) is 0 Å². The van der Waals surface area contributed by atoms with Crippen LogP contribution in [0, 0.1) is 0 Å². The average Bonchev–Trinajstić information content (AvgIpc) is 2.82. The van der Waals surface area contributed by atoms with Crippen LogP contribution in [0.5, 0.6) is 0 Å². The predicted octanol–water partition coefficient (Wildman–Crippen LogP) is 0.455. The minimum atomic E-state index is -4.49. The van der Waals surface area contributed by atoms with Crippen LogP contribution in [-0.4, -0.2) is 35.4 Å². The minimum absolute atomic E-state index is 0.194. The van der Waals surface area contributed by atoms with Crippen LogP contribution < -0.4 is 5.43 Å². The fraction of sp³-hybridized carbons (Fsp3) is 0.714. The summed E-state index contributed by atoms with van der Waals surface area (Å²) >= 11 is 0. The standard InChI is InChI=1S/C7H8F3N3O/c8-7(9,10)6-12-11-5(3-14)13(6)4-1-2-4/h3-5,11H,1-2H2. The Balaban J connectivity index is 2.20. The molecule has 1 N–H and O–H groups in total. The Hall–Kier alpha value is -1.27. The van der Waals surface area contributed by atoms with Crippen LogP contribution >= 0.6 is 0 Å². The first-order valence-electron chi connectivity index (χ1n) is 4.18. The van der Waals surface area contributed by atoms with Gasteiger partial charge in [0.2, 0.25) is 5.84 Å². The Labute approximate surface area is 77.8 Å². The molecule has 2 aliphatic rings. The monoisotopic (exact) mass is 207 g/mol. The molecule has 1 aliphatic carbocycles.